The summed E-state index contributed by atoms with van der Waals surface area (Å²) in [7, 11) is -1.53. The van der Waals surface area contributed by atoms with Crippen molar-refractivity contribution in [2.45, 2.75) is 57.9 Å². The highest BCUT2D eigenvalue weighted by molar-refractivity contribution is 7.80. The van der Waals surface area contributed by atoms with Crippen LogP contribution in [0.15, 0.2) is 31.4 Å². The van der Waals surface area contributed by atoms with Crippen LogP contribution in [0.3, 0.4) is 0 Å². The van der Waals surface area contributed by atoms with Gasteiger partial charge >= 0.3 is 0 Å². The van der Waals surface area contributed by atoms with Crippen molar-refractivity contribution in [3.05, 3.63) is 31.4 Å². The van der Waals surface area contributed by atoms with E-state index in [-0.39, 0.29) is 0 Å². The predicted molar refractivity (Wildman–Crippen MR) is 89.4 cm³/mol. The third-order valence-electron chi connectivity index (χ3n) is 3.35. The molecule has 6 nitrogen and oxygen atoms in total. The van der Waals surface area contributed by atoms with Crippen molar-refractivity contribution in [2.75, 3.05) is 7.11 Å². The summed E-state index contributed by atoms with van der Waals surface area (Å²) in [5.74, 6) is 0. The van der Waals surface area contributed by atoms with Gasteiger partial charge in [0.25, 0.3) is 0 Å². The average Bonchev–Trinajstić information content (AvgIpc) is 2.91. The summed E-state index contributed by atoms with van der Waals surface area (Å²) >= 11 is 0. The van der Waals surface area contributed by atoms with E-state index in [9.17, 15) is 13.0 Å². The molecule has 0 aliphatic carbocycles. The molecule has 0 aromatic carbocycles. The molecule has 0 N–H and O–H groups in total. The van der Waals surface area contributed by atoms with Crippen LogP contribution in [-0.2, 0) is 28.2 Å². The number of imidazole rings is 1. The van der Waals surface area contributed by atoms with E-state index in [1.165, 1.54) is 51.4 Å². The molecule has 1 rings (SSSR count). The van der Waals surface area contributed by atoms with Crippen LogP contribution in [0.25, 0.3) is 0 Å². The summed E-state index contributed by atoms with van der Waals surface area (Å²) in [5, 5.41) is 0. The lowest BCUT2D eigenvalue weighted by Crippen LogP contribution is -2.23. The maximum Gasteiger partial charge on any atom is 0.243 e. The molecule has 0 atom stereocenters. The summed E-state index contributed by atoms with van der Waals surface area (Å²) in [6, 6.07) is 0. The summed E-state index contributed by atoms with van der Waals surface area (Å²) in [4.78, 5) is 0. The Morgan fingerprint density at radius 2 is 1.70 bits per heavy atom. The molecule has 7 heteroatoms. The Labute approximate surface area is 140 Å². The minimum Gasteiger partial charge on any atom is -0.726 e. The van der Waals surface area contributed by atoms with Gasteiger partial charge in [-0.3, -0.25) is 4.18 Å². The molecule has 1 heterocycles. The SMILES string of the molecule is C=CCCCCCCCCCn1cc[n+](C)c1.COS(=O)(=O)[O-]. The molecule has 134 valence electrons. The third kappa shape index (κ3) is 15.5. The van der Waals surface area contributed by atoms with Crippen molar-refractivity contribution >= 4 is 10.4 Å². The molecule has 1 aromatic rings. The average molecular weight is 346 g/mol. The molecule has 0 spiro atoms. The van der Waals surface area contributed by atoms with Gasteiger partial charge in [0.1, 0.15) is 12.4 Å². The van der Waals surface area contributed by atoms with Crippen molar-refractivity contribution in [3.8, 4) is 0 Å². The standard InChI is InChI=1S/C15H27N2.CH4O4S/c1-3-4-5-6-7-8-9-10-11-12-17-14-13-16(2)15-17;1-5-6(2,3)4/h3,13-15H,1,4-12H2,2H3;1H3,(H,2,3,4)/q+1;/p-1. The van der Waals surface area contributed by atoms with Gasteiger partial charge in [0.2, 0.25) is 16.7 Å². The van der Waals surface area contributed by atoms with E-state index in [4.69, 9.17) is 0 Å². The molecule has 0 amide bonds. The van der Waals surface area contributed by atoms with Crippen LogP contribution >= 0.6 is 0 Å². The first-order chi connectivity index (χ1) is 10.9. The van der Waals surface area contributed by atoms with Gasteiger partial charge in [0.15, 0.2) is 0 Å². The van der Waals surface area contributed by atoms with Crippen molar-refractivity contribution < 1.29 is 21.7 Å². The number of hydrogen-bond donors (Lipinski definition) is 0. The number of nitrogens with zero attached hydrogens (tertiary/aromatic N) is 2. The maximum absolute atomic E-state index is 9.22. The summed E-state index contributed by atoms with van der Waals surface area (Å²) in [6.07, 6.45) is 19.2. The van der Waals surface area contributed by atoms with E-state index >= 15 is 0 Å². The van der Waals surface area contributed by atoms with Crippen LogP contribution in [0.2, 0.25) is 0 Å². The predicted octanol–water partition coefficient (Wildman–Crippen LogP) is 2.71. The molecular formula is C16H30N2O4S. The second-order valence-electron chi connectivity index (χ2n) is 5.44. The number of unbranched alkanes of at least 4 members (excludes halogenated alkanes) is 7. The van der Waals surface area contributed by atoms with E-state index < -0.39 is 10.4 Å². The van der Waals surface area contributed by atoms with Gasteiger partial charge in [-0.1, -0.05) is 31.8 Å². The highest BCUT2D eigenvalue weighted by Gasteiger charge is 1.99. The Balaban J connectivity index is 0.000000688. The molecule has 0 saturated heterocycles. The van der Waals surface area contributed by atoms with Crippen LogP contribution in [0.1, 0.15) is 51.4 Å². The second kappa shape index (κ2) is 13.3. The lowest BCUT2D eigenvalue weighted by molar-refractivity contribution is -0.671. The highest BCUT2D eigenvalue weighted by atomic mass is 32.3. The number of rotatable bonds is 11. The first-order valence-corrected chi connectivity index (χ1v) is 9.35. The smallest absolute Gasteiger partial charge is 0.243 e. The molecule has 0 radical (unpaired) electrons. The van der Waals surface area contributed by atoms with Crippen molar-refractivity contribution in [1.29, 1.82) is 0 Å². The first kappa shape index (κ1) is 21.8. The number of hydrogen-bond acceptors (Lipinski definition) is 4. The Bertz CT molecular complexity index is 512. The lowest BCUT2D eigenvalue weighted by Gasteiger charge is -2.00. The number of allylic oxidation sites excluding steroid dienone is 1. The largest absolute Gasteiger partial charge is 0.726 e. The van der Waals surface area contributed by atoms with Gasteiger partial charge < -0.3 is 4.55 Å². The zero-order valence-electron chi connectivity index (χ0n) is 14.3. The van der Waals surface area contributed by atoms with E-state index in [1.807, 2.05) is 6.08 Å². The summed E-state index contributed by atoms with van der Waals surface area (Å²) in [5.41, 5.74) is 0. The fourth-order valence-corrected chi connectivity index (χ4v) is 2.10. The highest BCUT2D eigenvalue weighted by Crippen LogP contribution is 2.09. The maximum atomic E-state index is 9.22. The normalized spacial score (nSPS) is 10.9. The van der Waals surface area contributed by atoms with Gasteiger partial charge in [-0.05, 0) is 25.7 Å². The van der Waals surface area contributed by atoms with E-state index in [0.29, 0.717) is 0 Å². The van der Waals surface area contributed by atoms with Gasteiger partial charge in [-0.25, -0.2) is 17.6 Å². The molecule has 0 bridgehead atoms. The van der Waals surface area contributed by atoms with Crippen molar-refractivity contribution in [1.82, 2.24) is 4.57 Å². The molecule has 0 fully saturated rings. The fraction of sp³-hybridized carbons (Fsp3) is 0.688. The lowest BCUT2D eigenvalue weighted by atomic mass is 10.1. The molecule has 23 heavy (non-hydrogen) atoms. The van der Waals surface area contributed by atoms with Crippen LogP contribution < -0.4 is 4.57 Å². The minimum atomic E-state index is -4.41. The fourth-order valence-electron chi connectivity index (χ4n) is 2.10. The number of aromatic nitrogens is 2. The van der Waals surface area contributed by atoms with Crippen LogP contribution in [0.5, 0.6) is 0 Å². The second-order valence-corrected chi connectivity index (χ2v) is 6.59. The Kier molecular flexibility index (Phi) is 12.6. The zero-order valence-corrected chi connectivity index (χ0v) is 15.1. The number of aryl methyl sites for hydroxylation is 2. The van der Waals surface area contributed by atoms with Crippen LogP contribution in [0, 0.1) is 0 Å². The van der Waals surface area contributed by atoms with Gasteiger partial charge in [-0.15, -0.1) is 6.58 Å². The Hall–Kier alpha value is -1.18. The van der Waals surface area contributed by atoms with Gasteiger partial charge in [-0.2, -0.15) is 0 Å². The van der Waals surface area contributed by atoms with Crippen LogP contribution in [0.4, 0.5) is 0 Å². The molecular weight excluding hydrogens is 316 g/mol. The van der Waals surface area contributed by atoms with E-state index in [0.717, 1.165) is 13.7 Å². The quantitative estimate of drug-likeness (QED) is 0.203. The Morgan fingerprint density at radius 3 is 2.13 bits per heavy atom. The van der Waals surface area contributed by atoms with Crippen molar-refractivity contribution in [3.63, 3.8) is 0 Å². The van der Waals surface area contributed by atoms with Crippen molar-refractivity contribution in [2.24, 2.45) is 7.05 Å². The van der Waals surface area contributed by atoms with E-state index in [2.05, 4.69) is 45.7 Å². The molecule has 0 saturated carbocycles. The zero-order chi connectivity index (χ0) is 17.6. The first-order valence-electron chi connectivity index (χ1n) is 8.02. The summed E-state index contributed by atoms with van der Waals surface area (Å²) < 4.78 is 35.4. The summed E-state index contributed by atoms with van der Waals surface area (Å²) in [6.45, 7) is 4.91. The molecule has 0 unspecified atom stereocenters. The van der Waals surface area contributed by atoms with Crippen LogP contribution in [-0.4, -0.2) is 24.6 Å². The van der Waals surface area contributed by atoms with Gasteiger partial charge in [0, 0.05) is 0 Å². The van der Waals surface area contributed by atoms with Gasteiger partial charge in [0.05, 0.1) is 20.7 Å². The third-order valence-corrected chi connectivity index (χ3v) is 3.76. The molecule has 1 aromatic heterocycles. The molecule has 0 aliphatic rings. The molecule has 0 aliphatic heterocycles. The topological polar surface area (TPSA) is 75.2 Å². The Morgan fingerprint density at radius 1 is 1.17 bits per heavy atom. The van der Waals surface area contributed by atoms with E-state index in [1.54, 1.807) is 0 Å². The monoisotopic (exact) mass is 346 g/mol. The minimum absolute atomic E-state index is 0.808.